The molecule has 24 heavy (non-hydrogen) atoms. The van der Waals surface area contributed by atoms with E-state index < -0.39 is 12.8 Å². The van der Waals surface area contributed by atoms with E-state index in [1.807, 2.05) is 0 Å². The Balaban J connectivity index is 1.76. The lowest BCUT2D eigenvalue weighted by Crippen LogP contribution is -2.58. The topological polar surface area (TPSA) is 41.6 Å². The number of amides is 1. The second-order valence-electron chi connectivity index (χ2n) is 7.03. The summed E-state index contributed by atoms with van der Waals surface area (Å²) >= 11 is 0. The first-order valence-electron chi connectivity index (χ1n) is 9.08. The van der Waals surface area contributed by atoms with E-state index in [9.17, 15) is 18.0 Å². The molecule has 0 radical (unpaired) electrons. The van der Waals surface area contributed by atoms with Crippen LogP contribution in [0.5, 0.6) is 0 Å². The molecule has 7 heteroatoms. The molecule has 2 aliphatic rings. The van der Waals surface area contributed by atoms with Gasteiger partial charge in [-0.3, -0.25) is 9.69 Å². The summed E-state index contributed by atoms with van der Waals surface area (Å²) in [5.41, 5.74) is 0.0428. The van der Waals surface area contributed by atoms with E-state index in [0.29, 0.717) is 6.54 Å². The smallest absolute Gasteiger partial charge is 0.372 e. The molecule has 0 aromatic carbocycles. The third kappa shape index (κ3) is 6.24. The molecule has 1 saturated heterocycles. The summed E-state index contributed by atoms with van der Waals surface area (Å²) in [6.45, 7) is 1.29. The van der Waals surface area contributed by atoms with E-state index in [1.165, 1.54) is 38.5 Å². The summed E-state index contributed by atoms with van der Waals surface area (Å²) in [7, 11) is 0. The van der Waals surface area contributed by atoms with Crippen LogP contribution < -0.4 is 5.32 Å². The van der Waals surface area contributed by atoms with Gasteiger partial charge in [-0.25, -0.2) is 0 Å². The number of nitrogens with zero attached hydrogens (tertiary/aromatic N) is 1. The number of hydrogen-bond acceptors (Lipinski definition) is 3. The minimum absolute atomic E-state index is 0.0217. The van der Waals surface area contributed by atoms with Crippen molar-refractivity contribution in [1.82, 2.24) is 10.2 Å². The molecule has 0 unspecified atom stereocenters. The Bertz CT molecular complexity index is 390. The molecule has 1 aliphatic heterocycles. The summed E-state index contributed by atoms with van der Waals surface area (Å²) in [4.78, 5) is 14.5. The molecule has 140 valence electrons. The molecule has 0 aromatic rings. The lowest BCUT2D eigenvalue weighted by molar-refractivity contribution is -0.174. The van der Waals surface area contributed by atoms with Gasteiger partial charge < -0.3 is 10.1 Å². The molecule has 0 atom stereocenters. The van der Waals surface area contributed by atoms with Crippen LogP contribution in [0.2, 0.25) is 0 Å². The molecule has 2 rings (SSSR count). The average Bonchev–Trinajstić information content (AvgIpc) is 2.58. The quantitative estimate of drug-likeness (QED) is 0.717. The Hall–Kier alpha value is -0.820. The van der Waals surface area contributed by atoms with Crippen molar-refractivity contribution in [3.05, 3.63) is 0 Å². The van der Waals surface area contributed by atoms with Crippen molar-refractivity contribution < 1.29 is 22.7 Å². The van der Waals surface area contributed by atoms with Gasteiger partial charge in [-0.1, -0.05) is 25.7 Å². The fourth-order valence-corrected chi connectivity index (χ4v) is 3.89. The molecule has 0 aromatic heterocycles. The molecular formula is C17H29F3N2O2. The van der Waals surface area contributed by atoms with E-state index in [2.05, 4.69) is 15.0 Å². The van der Waals surface area contributed by atoms with Gasteiger partial charge in [-0.15, -0.1) is 0 Å². The summed E-state index contributed by atoms with van der Waals surface area (Å²) in [5.74, 6) is -0.223. The maximum Gasteiger partial charge on any atom is 0.411 e. The lowest BCUT2D eigenvalue weighted by atomic mass is 9.79. The molecule has 1 aliphatic carbocycles. The number of ether oxygens (including phenoxy) is 1. The monoisotopic (exact) mass is 350 g/mol. The molecule has 2 fully saturated rings. The van der Waals surface area contributed by atoms with Gasteiger partial charge in [0, 0.05) is 18.5 Å². The Kier molecular flexibility index (Phi) is 7.34. The van der Waals surface area contributed by atoms with Crippen molar-refractivity contribution in [1.29, 1.82) is 0 Å². The number of halogens is 3. The average molecular weight is 350 g/mol. The van der Waals surface area contributed by atoms with Crippen LogP contribution in [0.15, 0.2) is 0 Å². The van der Waals surface area contributed by atoms with Crippen LogP contribution in [0.3, 0.4) is 0 Å². The standard InChI is InChI=1S/C17H29F3N2O2/c18-17(19,20)14-24-12-7-15(23)21-13-16(8-3-1-4-9-16)22-10-5-2-6-11-22/h1-14H2,(H,21,23). The SMILES string of the molecule is O=C(CCOCC(F)(F)F)NCC1(N2CCCCC2)CCCCC1. The van der Waals surface area contributed by atoms with Crippen LogP contribution in [0.1, 0.15) is 57.8 Å². The van der Waals surface area contributed by atoms with Crippen LogP contribution in [0.4, 0.5) is 13.2 Å². The van der Waals surface area contributed by atoms with Gasteiger partial charge in [0.15, 0.2) is 0 Å². The van der Waals surface area contributed by atoms with Crippen LogP contribution in [-0.4, -0.2) is 55.4 Å². The Morgan fingerprint density at radius 3 is 2.29 bits per heavy atom. The van der Waals surface area contributed by atoms with Gasteiger partial charge in [0.1, 0.15) is 6.61 Å². The molecular weight excluding hydrogens is 321 g/mol. The highest BCUT2D eigenvalue weighted by Gasteiger charge is 2.38. The molecule has 4 nitrogen and oxygen atoms in total. The van der Waals surface area contributed by atoms with Crippen molar-refractivity contribution >= 4 is 5.91 Å². The predicted octanol–water partition coefficient (Wildman–Crippen LogP) is 3.26. The summed E-state index contributed by atoms with van der Waals surface area (Å²) in [6.07, 6.45) is 5.13. The minimum atomic E-state index is -4.34. The highest BCUT2D eigenvalue weighted by atomic mass is 19.4. The number of alkyl halides is 3. The van der Waals surface area contributed by atoms with Gasteiger partial charge in [0.25, 0.3) is 0 Å². The second-order valence-corrected chi connectivity index (χ2v) is 7.03. The first-order valence-corrected chi connectivity index (χ1v) is 9.08. The van der Waals surface area contributed by atoms with Crippen molar-refractivity contribution in [3.63, 3.8) is 0 Å². The van der Waals surface area contributed by atoms with Gasteiger partial charge in [-0.05, 0) is 38.8 Å². The van der Waals surface area contributed by atoms with E-state index in [1.54, 1.807) is 0 Å². The first-order chi connectivity index (χ1) is 11.4. The van der Waals surface area contributed by atoms with Crippen LogP contribution in [0.25, 0.3) is 0 Å². The van der Waals surface area contributed by atoms with Crippen molar-refractivity contribution in [2.24, 2.45) is 0 Å². The third-order valence-electron chi connectivity index (χ3n) is 5.16. The number of likely N-dealkylation sites (tertiary alicyclic amines) is 1. The van der Waals surface area contributed by atoms with Gasteiger partial charge in [0.05, 0.1) is 6.61 Å². The molecule has 1 saturated carbocycles. The molecule has 0 spiro atoms. The predicted molar refractivity (Wildman–Crippen MR) is 85.7 cm³/mol. The fourth-order valence-electron chi connectivity index (χ4n) is 3.89. The number of piperidine rings is 1. The molecule has 1 amide bonds. The van der Waals surface area contributed by atoms with Crippen LogP contribution in [0, 0.1) is 0 Å². The third-order valence-corrected chi connectivity index (χ3v) is 5.16. The maximum atomic E-state index is 12.0. The second kappa shape index (κ2) is 9.04. The summed E-state index contributed by atoms with van der Waals surface area (Å²) in [6, 6.07) is 0. The highest BCUT2D eigenvalue weighted by molar-refractivity contribution is 5.76. The zero-order valence-corrected chi connectivity index (χ0v) is 14.3. The number of hydrogen-bond donors (Lipinski definition) is 1. The van der Waals surface area contributed by atoms with E-state index in [0.717, 1.165) is 25.9 Å². The van der Waals surface area contributed by atoms with Gasteiger partial charge in [-0.2, -0.15) is 13.2 Å². The summed E-state index contributed by atoms with van der Waals surface area (Å²) < 4.78 is 40.5. The largest absolute Gasteiger partial charge is 0.411 e. The highest BCUT2D eigenvalue weighted by Crippen LogP contribution is 2.35. The Morgan fingerprint density at radius 1 is 1.04 bits per heavy atom. The van der Waals surface area contributed by atoms with Crippen molar-refractivity contribution in [3.8, 4) is 0 Å². The number of nitrogens with one attached hydrogen (secondary N) is 1. The van der Waals surface area contributed by atoms with Gasteiger partial charge in [0.2, 0.25) is 5.91 Å². The van der Waals surface area contributed by atoms with E-state index >= 15 is 0 Å². The Morgan fingerprint density at radius 2 is 1.67 bits per heavy atom. The number of rotatable bonds is 7. The number of carbonyl (C=O) groups excluding carboxylic acids is 1. The fraction of sp³-hybridized carbons (Fsp3) is 0.941. The minimum Gasteiger partial charge on any atom is -0.372 e. The first kappa shape index (κ1) is 19.5. The molecule has 0 bridgehead atoms. The van der Waals surface area contributed by atoms with Crippen molar-refractivity contribution in [2.45, 2.75) is 69.5 Å². The maximum absolute atomic E-state index is 12.0. The normalized spacial score (nSPS) is 22.3. The summed E-state index contributed by atoms with van der Waals surface area (Å²) in [5, 5.41) is 2.95. The molecule has 1 N–H and O–H groups in total. The zero-order chi connectivity index (χ0) is 17.5. The van der Waals surface area contributed by atoms with Gasteiger partial charge >= 0.3 is 6.18 Å². The lowest BCUT2D eigenvalue weighted by Gasteiger charge is -2.48. The Labute approximate surface area is 142 Å². The van der Waals surface area contributed by atoms with Crippen LogP contribution >= 0.6 is 0 Å². The molecule has 1 heterocycles. The van der Waals surface area contributed by atoms with Crippen LogP contribution in [-0.2, 0) is 9.53 Å². The van der Waals surface area contributed by atoms with E-state index in [4.69, 9.17) is 0 Å². The van der Waals surface area contributed by atoms with Crippen molar-refractivity contribution in [2.75, 3.05) is 32.8 Å². The zero-order valence-electron chi connectivity index (χ0n) is 14.3. The number of carbonyl (C=O) groups is 1. The van der Waals surface area contributed by atoms with E-state index in [-0.39, 0.29) is 24.5 Å².